The number of anilines is 2. The smallest absolute Gasteiger partial charge is 0.129 e. The quantitative estimate of drug-likeness (QED) is 0.718. The fraction of sp³-hybridized carbons (Fsp3) is 0.364. The molecule has 0 bridgehead atoms. The number of aromatic nitrogens is 1. The normalized spacial score (nSPS) is 12.1. The van der Waals surface area contributed by atoms with Crippen molar-refractivity contribution >= 4 is 11.5 Å². The van der Waals surface area contributed by atoms with Crippen molar-refractivity contribution in [2.24, 2.45) is 0 Å². The van der Waals surface area contributed by atoms with Gasteiger partial charge >= 0.3 is 0 Å². The molecule has 14 heavy (non-hydrogen) atoms. The Labute approximate surface area is 85.0 Å². The van der Waals surface area contributed by atoms with Crippen LogP contribution >= 0.6 is 0 Å². The highest BCUT2D eigenvalue weighted by Gasteiger charge is 2.03. The molecule has 1 aromatic heterocycles. The number of nitrogens with two attached hydrogens (primary N) is 1. The summed E-state index contributed by atoms with van der Waals surface area (Å²) < 4.78 is 0. The van der Waals surface area contributed by atoms with Gasteiger partial charge in [-0.3, -0.25) is 0 Å². The number of nitrogen functional groups attached to an aromatic ring is 1. The summed E-state index contributed by atoms with van der Waals surface area (Å²) >= 11 is 0. The summed E-state index contributed by atoms with van der Waals surface area (Å²) in [6.07, 6.45) is 4.48. The molecule has 1 aromatic rings. The molecule has 3 N–H and O–H groups in total. The average molecular weight is 191 g/mol. The zero-order valence-corrected chi connectivity index (χ0v) is 8.75. The Hall–Kier alpha value is -1.51. The van der Waals surface area contributed by atoms with Crippen LogP contribution in [0.5, 0.6) is 0 Å². The van der Waals surface area contributed by atoms with Crippen LogP contribution in [0.15, 0.2) is 24.9 Å². The van der Waals surface area contributed by atoms with Crippen LogP contribution in [0.4, 0.5) is 11.5 Å². The van der Waals surface area contributed by atoms with Crippen molar-refractivity contribution in [3.63, 3.8) is 0 Å². The second-order valence-corrected chi connectivity index (χ2v) is 3.50. The lowest BCUT2D eigenvalue weighted by Crippen LogP contribution is -2.15. The van der Waals surface area contributed by atoms with Gasteiger partial charge in [-0.2, -0.15) is 0 Å². The molecule has 1 heterocycles. The van der Waals surface area contributed by atoms with Crippen LogP contribution in [0, 0.1) is 6.92 Å². The van der Waals surface area contributed by atoms with Gasteiger partial charge in [0.15, 0.2) is 0 Å². The molecule has 76 valence electrons. The van der Waals surface area contributed by atoms with Crippen molar-refractivity contribution in [1.29, 1.82) is 0 Å². The molecule has 0 aliphatic rings. The maximum Gasteiger partial charge on any atom is 0.129 e. The van der Waals surface area contributed by atoms with E-state index in [2.05, 4.69) is 23.8 Å². The lowest BCUT2D eigenvalue weighted by atomic mass is 10.2. The van der Waals surface area contributed by atoms with Gasteiger partial charge in [-0.05, 0) is 31.9 Å². The Kier molecular flexibility index (Phi) is 3.51. The SMILES string of the molecule is C=CCC(C)Nc1ncc(N)cc1C. The van der Waals surface area contributed by atoms with Crippen LogP contribution in [0.25, 0.3) is 0 Å². The molecule has 1 unspecified atom stereocenters. The van der Waals surface area contributed by atoms with E-state index in [1.165, 1.54) is 0 Å². The number of rotatable bonds is 4. The molecule has 0 spiro atoms. The van der Waals surface area contributed by atoms with Gasteiger partial charge < -0.3 is 11.1 Å². The van der Waals surface area contributed by atoms with Gasteiger partial charge in [0.1, 0.15) is 5.82 Å². The van der Waals surface area contributed by atoms with Crippen LogP contribution in [0.3, 0.4) is 0 Å². The average Bonchev–Trinajstić information content (AvgIpc) is 2.10. The lowest BCUT2D eigenvalue weighted by molar-refractivity contribution is 0.806. The topological polar surface area (TPSA) is 50.9 Å². The summed E-state index contributed by atoms with van der Waals surface area (Å²) in [6, 6.07) is 2.26. The standard InChI is InChI=1S/C11H17N3/c1-4-5-9(3)14-11-8(2)6-10(12)7-13-11/h4,6-7,9H,1,5,12H2,2-3H3,(H,13,14). The van der Waals surface area contributed by atoms with Gasteiger partial charge in [0.05, 0.1) is 11.9 Å². The Balaban J connectivity index is 2.71. The number of nitrogens with one attached hydrogen (secondary N) is 1. The van der Waals surface area contributed by atoms with Gasteiger partial charge in [0.25, 0.3) is 0 Å². The van der Waals surface area contributed by atoms with Crippen LogP contribution in [-0.4, -0.2) is 11.0 Å². The molecular formula is C11H17N3. The van der Waals surface area contributed by atoms with Crippen molar-refractivity contribution in [2.75, 3.05) is 11.1 Å². The van der Waals surface area contributed by atoms with Crippen LogP contribution in [0.1, 0.15) is 18.9 Å². The number of pyridine rings is 1. The maximum atomic E-state index is 5.61. The Morgan fingerprint density at radius 2 is 2.43 bits per heavy atom. The molecule has 0 saturated heterocycles. The van der Waals surface area contributed by atoms with Crippen molar-refractivity contribution in [1.82, 2.24) is 4.98 Å². The van der Waals surface area contributed by atoms with E-state index >= 15 is 0 Å². The van der Waals surface area contributed by atoms with Crippen LogP contribution < -0.4 is 11.1 Å². The third-order valence-electron chi connectivity index (χ3n) is 2.00. The third-order valence-corrected chi connectivity index (χ3v) is 2.00. The molecule has 1 atom stereocenters. The summed E-state index contributed by atoms with van der Waals surface area (Å²) in [5.74, 6) is 0.897. The molecular weight excluding hydrogens is 174 g/mol. The molecule has 0 saturated carbocycles. The summed E-state index contributed by atoms with van der Waals surface area (Å²) in [6.45, 7) is 7.79. The minimum atomic E-state index is 0.349. The Morgan fingerprint density at radius 1 is 1.71 bits per heavy atom. The number of hydrogen-bond donors (Lipinski definition) is 2. The molecule has 0 fully saturated rings. The van der Waals surface area contributed by atoms with E-state index in [1.54, 1.807) is 6.20 Å². The first-order chi connectivity index (χ1) is 6.63. The van der Waals surface area contributed by atoms with Gasteiger partial charge in [-0.1, -0.05) is 6.08 Å². The molecule has 3 nitrogen and oxygen atoms in total. The largest absolute Gasteiger partial charge is 0.397 e. The van der Waals surface area contributed by atoms with E-state index in [0.29, 0.717) is 11.7 Å². The maximum absolute atomic E-state index is 5.61. The molecule has 0 radical (unpaired) electrons. The minimum absolute atomic E-state index is 0.349. The van der Waals surface area contributed by atoms with E-state index in [4.69, 9.17) is 5.73 Å². The van der Waals surface area contributed by atoms with Gasteiger partial charge in [0.2, 0.25) is 0 Å². The molecule has 3 heteroatoms. The summed E-state index contributed by atoms with van der Waals surface area (Å²) in [4.78, 5) is 4.23. The monoisotopic (exact) mass is 191 g/mol. The first-order valence-electron chi connectivity index (χ1n) is 4.73. The fourth-order valence-electron chi connectivity index (χ4n) is 1.29. The number of aryl methyl sites for hydroxylation is 1. The predicted molar refractivity (Wildman–Crippen MR) is 61.3 cm³/mol. The summed E-state index contributed by atoms with van der Waals surface area (Å²) in [5.41, 5.74) is 7.38. The van der Waals surface area contributed by atoms with Crippen molar-refractivity contribution in [3.05, 3.63) is 30.5 Å². The molecule has 0 amide bonds. The van der Waals surface area contributed by atoms with Crippen molar-refractivity contribution in [3.8, 4) is 0 Å². The lowest BCUT2D eigenvalue weighted by Gasteiger charge is -2.14. The molecule has 0 aliphatic carbocycles. The minimum Gasteiger partial charge on any atom is -0.397 e. The zero-order chi connectivity index (χ0) is 10.6. The summed E-state index contributed by atoms with van der Waals surface area (Å²) in [7, 11) is 0. The first kappa shape index (κ1) is 10.6. The van der Waals surface area contributed by atoms with E-state index in [-0.39, 0.29) is 0 Å². The van der Waals surface area contributed by atoms with Crippen LogP contribution in [0.2, 0.25) is 0 Å². The highest BCUT2D eigenvalue weighted by Crippen LogP contribution is 2.15. The van der Waals surface area contributed by atoms with E-state index in [1.807, 2.05) is 19.1 Å². The first-order valence-corrected chi connectivity index (χ1v) is 4.73. The van der Waals surface area contributed by atoms with E-state index in [9.17, 15) is 0 Å². The number of hydrogen-bond acceptors (Lipinski definition) is 3. The molecule has 0 aliphatic heterocycles. The summed E-state index contributed by atoms with van der Waals surface area (Å²) in [5, 5.41) is 3.30. The van der Waals surface area contributed by atoms with Gasteiger partial charge in [0, 0.05) is 6.04 Å². The molecule has 1 rings (SSSR count). The highest BCUT2D eigenvalue weighted by atomic mass is 15.0. The van der Waals surface area contributed by atoms with Gasteiger partial charge in [-0.15, -0.1) is 6.58 Å². The Morgan fingerprint density at radius 3 is 3.00 bits per heavy atom. The van der Waals surface area contributed by atoms with Crippen molar-refractivity contribution < 1.29 is 0 Å². The van der Waals surface area contributed by atoms with Crippen LogP contribution in [-0.2, 0) is 0 Å². The zero-order valence-electron chi connectivity index (χ0n) is 8.75. The second kappa shape index (κ2) is 4.65. The molecule has 0 aromatic carbocycles. The van der Waals surface area contributed by atoms with E-state index in [0.717, 1.165) is 17.8 Å². The fourth-order valence-corrected chi connectivity index (χ4v) is 1.29. The second-order valence-electron chi connectivity index (χ2n) is 3.50. The Bertz CT molecular complexity index is 320. The highest BCUT2D eigenvalue weighted by molar-refractivity contribution is 5.51. The van der Waals surface area contributed by atoms with Crippen molar-refractivity contribution in [2.45, 2.75) is 26.3 Å². The van der Waals surface area contributed by atoms with E-state index < -0.39 is 0 Å². The number of nitrogens with zero attached hydrogens (tertiary/aromatic N) is 1. The third kappa shape index (κ3) is 2.76. The van der Waals surface area contributed by atoms with Gasteiger partial charge in [-0.25, -0.2) is 4.98 Å². The predicted octanol–water partition coefficient (Wildman–Crippen LogP) is 2.35.